The average molecular weight is 261 g/mol. The highest BCUT2D eigenvalue weighted by atomic mass is 35.5. The normalized spacial score (nSPS) is 10.1. The van der Waals surface area contributed by atoms with Crippen LogP contribution in [0.3, 0.4) is 0 Å². The van der Waals surface area contributed by atoms with Gasteiger partial charge in [-0.05, 0) is 23.3 Å². The molecule has 0 aliphatic heterocycles. The van der Waals surface area contributed by atoms with E-state index in [0.717, 1.165) is 11.1 Å². The first-order chi connectivity index (χ1) is 8.79. The first-order valence-corrected chi connectivity index (χ1v) is 6.16. The van der Waals surface area contributed by atoms with E-state index in [4.69, 9.17) is 11.6 Å². The summed E-state index contributed by atoms with van der Waals surface area (Å²) in [5, 5.41) is 2.82. The lowest BCUT2D eigenvalue weighted by molar-refractivity contribution is 0.0946. The van der Waals surface area contributed by atoms with E-state index in [0.29, 0.717) is 18.1 Å². The zero-order chi connectivity index (χ0) is 12.8. The summed E-state index contributed by atoms with van der Waals surface area (Å²) in [6.07, 6.45) is 1.60. The van der Waals surface area contributed by atoms with Crippen molar-refractivity contribution in [2.45, 2.75) is 12.4 Å². The quantitative estimate of drug-likeness (QED) is 0.859. The van der Waals surface area contributed by atoms with E-state index in [9.17, 15) is 4.79 Å². The second kappa shape index (κ2) is 6.17. The van der Waals surface area contributed by atoms with E-state index >= 15 is 0 Å². The molecule has 4 heteroatoms. The second-order valence-electron chi connectivity index (χ2n) is 3.85. The molecule has 1 aromatic heterocycles. The van der Waals surface area contributed by atoms with Crippen LogP contribution in [0.1, 0.15) is 21.6 Å². The Hall–Kier alpha value is -1.87. The molecule has 0 aliphatic carbocycles. The predicted molar refractivity (Wildman–Crippen MR) is 71.4 cm³/mol. The molecule has 92 valence electrons. The lowest BCUT2D eigenvalue weighted by Crippen LogP contribution is -2.23. The van der Waals surface area contributed by atoms with Crippen molar-refractivity contribution >= 4 is 17.5 Å². The Morgan fingerprint density at radius 3 is 2.44 bits per heavy atom. The summed E-state index contributed by atoms with van der Waals surface area (Å²) in [7, 11) is 0. The van der Waals surface area contributed by atoms with Gasteiger partial charge in [-0.3, -0.25) is 9.78 Å². The molecule has 1 heterocycles. The van der Waals surface area contributed by atoms with Crippen LogP contribution in [0.5, 0.6) is 0 Å². The lowest BCUT2D eigenvalue weighted by Gasteiger charge is -2.05. The average Bonchev–Trinajstić information content (AvgIpc) is 2.46. The standard InChI is InChI=1S/C14H13ClN2O/c15-9-11-4-6-12(7-5-11)10-17-14(18)13-3-1-2-8-16-13/h1-8H,9-10H2,(H,17,18). The van der Waals surface area contributed by atoms with Gasteiger partial charge in [-0.25, -0.2) is 0 Å². The summed E-state index contributed by atoms with van der Waals surface area (Å²) in [6.45, 7) is 0.484. The molecule has 0 atom stereocenters. The number of alkyl halides is 1. The van der Waals surface area contributed by atoms with Crippen LogP contribution in [0.2, 0.25) is 0 Å². The van der Waals surface area contributed by atoms with Crippen LogP contribution < -0.4 is 5.32 Å². The predicted octanol–water partition coefficient (Wildman–Crippen LogP) is 2.75. The molecule has 1 aromatic carbocycles. The molecule has 0 aliphatic rings. The Morgan fingerprint density at radius 1 is 1.11 bits per heavy atom. The molecule has 0 bridgehead atoms. The lowest BCUT2D eigenvalue weighted by atomic mass is 10.1. The molecule has 1 amide bonds. The summed E-state index contributed by atoms with van der Waals surface area (Å²) in [5.41, 5.74) is 2.53. The maximum atomic E-state index is 11.7. The van der Waals surface area contributed by atoms with Gasteiger partial charge in [0.15, 0.2) is 0 Å². The minimum absolute atomic E-state index is 0.169. The van der Waals surface area contributed by atoms with Crippen LogP contribution in [0.15, 0.2) is 48.7 Å². The van der Waals surface area contributed by atoms with Gasteiger partial charge in [0, 0.05) is 18.6 Å². The fraction of sp³-hybridized carbons (Fsp3) is 0.143. The van der Waals surface area contributed by atoms with E-state index in [-0.39, 0.29) is 5.91 Å². The Kier molecular flexibility index (Phi) is 4.31. The van der Waals surface area contributed by atoms with E-state index in [1.54, 1.807) is 24.4 Å². The molecular formula is C14H13ClN2O. The van der Waals surface area contributed by atoms with Crippen molar-refractivity contribution < 1.29 is 4.79 Å². The van der Waals surface area contributed by atoms with Gasteiger partial charge in [-0.15, -0.1) is 11.6 Å². The molecule has 0 fully saturated rings. The van der Waals surface area contributed by atoms with Crippen molar-refractivity contribution in [2.24, 2.45) is 0 Å². The van der Waals surface area contributed by atoms with Crippen molar-refractivity contribution in [3.05, 3.63) is 65.5 Å². The third-order valence-electron chi connectivity index (χ3n) is 2.53. The Labute approximate surface area is 111 Å². The van der Waals surface area contributed by atoms with E-state index in [1.165, 1.54) is 0 Å². The first kappa shape index (κ1) is 12.6. The molecule has 0 spiro atoms. The number of pyridine rings is 1. The van der Waals surface area contributed by atoms with Crippen LogP contribution >= 0.6 is 11.6 Å². The third-order valence-corrected chi connectivity index (χ3v) is 2.84. The fourth-order valence-electron chi connectivity index (χ4n) is 1.52. The van der Waals surface area contributed by atoms with Crippen LogP contribution in [0.25, 0.3) is 0 Å². The van der Waals surface area contributed by atoms with Crippen LogP contribution in [-0.4, -0.2) is 10.9 Å². The van der Waals surface area contributed by atoms with Gasteiger partial charge >= 0.3 is 0 Å². The van der Waals surface area contributed by atoms with Gasteiger partial charge in [-0.1, -0.05) is 30.3 Å². The molecule has 18 heavy (non-hydrogen) atoms. The molecule has 0 saturated carbocycles. The maximum absolute atomic E-state index is 11.7. The van der Waals surface area contributed by atoms with Crippen molar-refractivity contribution in [3.63, 3.8) is 0 Å². The molecule has 2 rings (SSSR count). The summed E-state index contributed by atoms with van der Waals surface area (Å²) >= 11 is 5.71. The third kappa shape index (κ3) is 3.31. The van der Waals surface area contributed by atoms with Gasteiger partial charge in [0.25, 0.3) is 5.91 Å². The summed E-state index contributed by atoms with van der Waals surface area (Å²) in [5.74, 6) is 0.331. The highest BCUT2D eigenvalue weighted by molar-refractivity contribution is 6.17. The van der Waals surface area contributed by atoms with Crippen molar-refractivity contribution in [1.29, 1.82) is 0 Å². The summed E-state index contributed by atoms with van der Waals surface area (Å²) < 4.78 is 0. The van der Waals surface area contributed by atoms with Crippen molar-refractivity contribution in [2.75, 3.05) is 0 Å². The van der Waals surface area contributed by atoms with Gasteiger partial charge in [0.1, 0.15) is 5.69 Å². The number of carbonyl (C=O) groups excluding carboxylic acids is 1. The second-order valence-corrected chi connectivity index (χ2v) is 4.12. The monoisotopic (exact) mass is 260 g/mol. The highest BCUT2D eigenvalue weighted by Crippen LogP contribution is 2.06. The summed E-state index contributed by atoms with van der Waals surface area (Å²) in [6, 6.07) is 13.1. The smallest absolute Gasteiger partial charge is 0.270 e. The van der Waals surface area contributed by atoms with Gasteiger partial charge in [0.05, 0.1) is 0 Å². The molecule has 1 N–H and O–H groups in total. The number of nitrogens with zero attached hydrogens (tertiary/aromatic N) is 1. The molecule has 2 aromatic rings. The Bertz CT molecular complexity index is 511. The molecular weight excluding hydrogens is 248 g/mol. The van der Waals surface area contributed by atoms with Gasteiger partial charge in [-0.2, -0.15) is 0 Å². The zero-order valence-electron chi connectivity index (χ0n) is 9.77. The Morgan fingerprint density at radius 2 is 1.83 bits per heavy atom. The molecule has 0 unspecified atom stereocenters. The van der Waals surface area contributed by atoms with Crippen LogP contribution in [0.4, 0.5) is 0 Å². The number of halogens is 1. The zero-order valence-corrected chi connectivity index (χ0v) is 10.5. The molecule has 3 nitrogen and oxygen atoms in total. The number of amides is 1. The first-order valence-electron chi connectivity index (χ1n) is 5.62. The number of rotatable bonds is 4. The SMILES string of the molecule is O=C(NCc1ccc(CCl)cc1)c1ccccn1. The number of aromatic nitrogens is 1. The largest absolute Gasteiger partial charge is 0.347 e. The number of carbonyl (C=O) groups is 1. The summed E-state index contributed by atoms with van der Waals surface area (Å²) in [4.78, 5) is 15.7. The van der Waals surface area contributed by atoms with E-state index in [1.807, 2.05) is 24.3 Å². The van der Waals surface area contributed by atoms with E-state index < -0.39 is 0 Å². The molecule has 0 saturated heterocycles. The van der Waals surface area contributed by atoms with Gasteiger partial charge < -0.3 is 5.32 Å². The minimum Gasteiger partial charge on any atom is -0.347 e. The fourth-order valence-corrected chi connectivity index (χ4v) is 1.69. The number of hydrogen-bond acceptors (Lipinski definition) is 2. The Balaban J connectivity index is 1.93. The number of benzene rings is 1. The minimum atomic E-state index is -0.169. The number of hydrogen-bond donors (Lipinski definition) is 1. The maximum Gasteiger partial charge on any atom is 0.270 e. The van der Waals surface area contributed by atoms with Gasteiger partial charge in [0.2, 0.25) is 0 Å². The van der Waals surface area contributed by atoms with Crippen LogP contribution in [-0.2, 0) is 12.4 Å². The molecule has 0 radical (unpaired) electrons. The number of nitrogens with one attached hydrogen (secondary N) is 1. The van der Waals surface area contributed by atoms with E-state index in [2.05, 4.69) is 10.3 Å². The topological polar surface area (TPSA) is 42.0 Å². The highest BCUT2D eigenvalue weighted by Gasteiger charge is 2.05. The van der Waals surface area contributed by atoms with Crippen molar-refractivity contribution in [3.8, 4) is 0 Å². The van der Waals surface area contributed by atoms with Crippen molar-refractivity contribution in [1.82, 2.24) is 10.3 Å². The van der Waals surface area contributed by atoms with Crippen LogP contribution in [0, 0.1) is 0 Å².